The topological polar surface area (TPSA) is 108 Å². The van der Waals surface area contributed by atoms with Crippen LogP contribution < -0.4 is 15.6 Å². The normalized spacial score (nSPS) is 26.3. The third-order valence-electron chi connectivity index (χ3n) is 9.53. The van der Waals surface area contributed by atoms with Crippen LogP contribution in [0.5, 0.6) is 0 Å². The number of pyridine rings is 2. The molecule has 6 rings (SSSR count). The molecule has 43 heavy (non-hydrogen) atoms. The molecule has 1 saturated heterocycles. The van der Waals surface area contributed by atoms with Crippen LogP contribution in [0.3, 0.4) is 0 Å². The van der Waals surface area contributed by atoms with Crippen molar-refractivity contribution in [2.45, 2.75) is 75.5 Å². The van der Waals surface area contributed by atoms with Crippen LogP contribution in [0.25, 0.3) is 16.7 Å². The summed E-state index contributed by atoms with van der Waals surface area (Å²) in [4.78, 5) is 33.1. The van der Waals surface area contributed by atoms with E-state index in [2.05, 4.69) is 17.2 Å². The van der Waals surface area contributed by atoms with E-state index < -0.39 is 53.2 Å². The lowest BCUT2D eigenvalue weighted by Gasteiger charge is -2.48. The molecule has 3 fully saturated rings. The number of nitrogens with zero attached hydrogens (tertiary/aromatic N) is 3. The quantitative estimate of drug-likeness (QED) is 0.290. The first-order valence-electron chi connectivity index (χ1n) is 14.7. The Labute approximate surface area is 245 Å². The second-order valence-corrected chi connectivity index (χ2v) is 12.5. The van der Waals surface area contributed by atoms with Gasteiger partial charge >= 0.3 is 5.92 Å². The number of fused-ring (bicyclic) bond motifs is 3. The zero-order valence-electron chi connectivity index (χ0n) is 23.8. The number of benzene rings is 1. The van der Waals surface area contributed by atoms with E-state index in [1.807, 2.05) is 0 Å². The van der Waals surface area contributed by atoms with Crippen molar-refractivity contribution in [3.63, 3.8) is 0 Å². The maximum atomic E-state index is 15.1. The molecule has 2 aromatic heterocycles. The number of rotatable bonds is 5. The molecule has 230 valence electrons. The Hall–Kier alpha value is -3.51. The molecule has 0 spiro atoms. The number of alkyl halides is 2. The van der Waals surface area contributed by atoms with Crippen molar-refractivity contribution >= 4 is 22.8 Å². The lowest BCUT2D eigenvalue weighted by atomic mass is 9.63. The van der Waals surface area contributed by atoms with Gasteiger partial charge < -0.3 is 20.4 Å². The number of aromatic nitrogens is 2. The van der Waals surface area contributed by atoms with Gasteiger partial charge in [0.05, 0.1) is 17.6 Å². The molecule has 2 aliphatic carbocycles. The minimum Gasteiger partial charge on any atom is -0.361 e. The van der Waals surface area contributed by atoms with Crippen LogP contribution in [0, 0.1) is 23.5 Å². The number of anilines is 1. The first-order valence-corrected chi connectivity index (χ1v) is 14.7. The first kappa shape index (κ1) is 29.6. The number of nitrogens with one attached hydrogen (secondary N) is 1. The van der Waals surface area contributed by atoms with E-state index >= 15 is 4.39 Å². The summed E-state index contributed by atoms with van der Waals surface area (Å²) in [6, 6.07) is 5.47. The summed E-state index contributed by atoms with van der Waals surface area (Å²) in [5.74, 6) is -8.52. The Morgan fingerprint density at radius 3 is 2.65 bits per heavy atom. The van der Waals surface area contributed by atoms with E-state index in [1.165, 1.54) is 18.3 Å². The number of amides is 1. The standard InChI is InChI=1S/C31H34F4N4O4/c1-2-18-12-19-4-3-9-29(14-18,15-19)37-28(41)22-16-39(24-7-5-20(32)13-23(24)33)27-21(26(22)40)6-8-25(36-27)38-11-10-31(42,43)30(34,35)17-38/h5-8,13,16,18-19,42-43H,2-4,9-12,14-15,17H2,1H3,(H,37,41). The highest BCUT2D eigenvalue weighted by Gasteiger charge is 2.55. The van der Waals surface area contributed by atoms with Crippen molar-refractivity contribution in [1.29, 1.82) is 0 Å². The summed E-state index contributed by atoms with van der Waals surface area (Å²) in [6.45, 7) is 0.894. The second-order valence-electron chi connectivity index (χ2n) is 12.5. The molecule has 2 bridgehead atoms. The Balaban J connectivity index is 1.44. The molecule has 2 saturated carbocycles. The Morgan fingerprint density at radius 1 is 1.14 bits per heavy atom. The van der Waals surface area contributed by atoms with Crippen LogP contribution >= 0.6 is 0 Å². The Kier molecular flexibility index (Phi) is 7.28. The molecule has 3 heterocycles. The molecule has 1 aromatic carbocycles. The fourth-order valence-electron chi connectivity index (χ4n) is 7.27. The molecule has 0 radical (unpaired) electrons. The predicted molar refractivity (Wildman–Crippen MR) is 151 cm³/mol. The molecule has 1 aliphatic heterocycles. The molecule has 12 heteroatoms. The van der Waals surface area contributed by atoms with Gasteiger partial charge in [-0.15, -0.1) is 0 Å². The van der Waals surface area contributed by atoms with E-state index in [0.29, 0.717) is 17.9 Å². The van der Waals surface area contributed by atoms with Crippen molar-refractivity contribution in [3.05, 3.63) is 63.9 Å². The molecule has 3 aliphatic rings. The number of hydrogen-bond donors (Lipinski definition) is 3. The Bertz CT molecular complexity index is 1640. The third kappa shape index (κ3) is 5.28. The first-order chi connectivity index (χ1) is 20.3. The average Bonchev–Trinajstić information content (AvgIpc) is 2.94. The van der Waals surface area contributed by atoms with Gasteiger partial charge in [0, 0.05) is 30.8 Å². The van der Waals surface area contributed by atoms with E-state index in [-0.39, 0.29) is 34.6 Å². The number of halogens is 4. The predicted octanol–water partition coefficient (Wildman–Crippen LogP) is 4.67. The molecule has 3 atom stereocenters. The van der Waals surface area contributed by atoms with Crippen molar-refractivity contribution < 1.29 is 32.6 Å². The van der Waals surface area contributed by atoms with Gasteiger partial charge in [-0.05, 0) is 61.8 Å². The number of carbonyl (C=O) groups excluding carboxylic acids is 1. The van der Waals surface area contributed by atoms with Crippen LogP contribution in [0.1, 0.15) is 68.6 Å². The van der Waals surface area contributed by atoms with E-state index in [0.717, 1.165) is 66.5 Å². The highest BCUT2D eigenvalue weighted by molar-refractivity contribution is 5.97. The molecule has 3 unspecified atom stereocenters. The van der Waals surface area contributed by atoms with Gasteiger partial charge in [-0.3, -0.25) is 14.2 Å². The van der Waals surface area contributed by atoms with Crippen molar-refractivity contribution in [2.75, 3.05) is 18.0 Å². The minimum absolute atomic E-state index is 0.0181. The third-order valence-corrected chi connectivity index (χ3v) is 9.53. The largest absolute Gasteiger partial charge is 0.361 e. The highest BCUT2D eigenvalue weighted by Crippen LogP contribution is 2.46. The maximum Gasteiger partial charge on any atom is 0.317 e. The van der Waals surface area contributed by atoms with E-state index in [4.69, 9.17) is 0 Å². The minimum atomic E-state index is -3.87. The number of aliphatic hydroxyl groups is 2. The molecule has 1 amide bonds. The maximum absolute atomic E-state index is 15.1. The van der Waals surface area contributed by atoms with E-state index in [1.54, 1.807) is 0 Å². The van der Waals surface area contributed by atoms with Gasteiger partial charge in [-0.2, -0.15) is 8.78 Å². The fraction of sp³-hybridized carbons (Fsp3) is 0.516. The van der Waals surface area contributed by atoms with Gasteiger partial charge in [0.15, 0.2) is 5.65 Å². The van der Waals surface area contributed by atoms with Crippen LogP contribution in [0.2, 0.25) is 0 Å². The average molecular weight is 603 g/mol. The summed E-state index contributed by atoms with van der Waals surface area (Å²) in [7, 11) is 0. The van der Waals surface area contributed by atoms with E-state index in [9.17, 15) is 33.0 Å². The van der Waals surface area contributed by atoms with Crippen LogP contribution in [-0.2, 0) is 0 Å². The summed E-state index contributed by atoms with van der Waals surface area (Å²) in [5, 5.41) is 22.5. The van der Waals surface area contributed by atoms with Crippen molar-refractivity contribution in [2.24, 2.45) is 11.8 Å². The summed E-state index contributed by atoms with van der Waals surface area (Å²) >= 11 is 0. The summed E-state index contributed by atoms with van der Waals surface area (Å²) < 4.78 is 59.0. The highest BCUT2D eigenvalue weighted by atomic mass is 19.3. The zero-order valence-corrected chi connectivity index (χ0v) is 23.8. The zero-order chi connectivity index (χ0) is 30.7. The van der Waals surface area contributed by atoms with Gasteiger partial charge in [0.1, 0.15) is 23.0 Å². The monoisotopic (exact) mass is 602 g/mol. The van der Waals surface area contributed by atoms with Crippen molar-refractivity contribution in [1.82, 2.24) is 14.9 Å². The van der Waals surface area contributed by atoms with Crippen molar-refractivity contribution in [3.8, 4) is 5.69 Å². The lowest BCUT2D eigenvalue weighted by molar-refractivity contribution is -0.300. The molecule has 8 nitrogen and oxygen atoms in total. The van der Waals surface area contributed by atoms with Gasteiger partial charge in [0.25, 0.3) is 5.91 Å². The Morgan fingerprint density at radius 2 is 1.93 bits per heavy atom. The number of piperidine rings is 1. The lowest BCUT2D eigenvalue weighted by Crippen LogP contribution is -2.60. The van der Waals surface area contributed by atoms with Gasteiger partial charge in [0.2, 0.25) is 11.2 Å². The van der Waals surface area contributed by atoms with Gasteiger partial charge in [-0.1, -0.05) is 26.2 Å². The molecule has 3 N–H and O–H groups in total. The smallest absolute Gasteiger partial charge is 0.317 e. The molecule has 3 aromatic rings. The summed E-state index contributed by atoms with van der Waals surface area (Å²) in [5.41, 5.74) is -1.67. The van der Waals surface area contributed by atoms with Crippen LogP contribution in [0.15, 0.2) is 41.3 Å². The SMILES string of the molecule is CCC1CC2CCCC(NC(=O)c3cn(-c4ccc(F)cc4F)c4nc(N5CCC(O)(O)C(F)(F)C5)ccc4c3=O)(C1)C2. The molecular weight excluding hydrogens is 568 g/mol. The van der Waals surface area contributed by atoms with Crippen LogP contribution in [-0.4, -0.2) is 56.0 Å². The summed E-state index contributed by atoms with van der Waals surface area (Å²) in [6.07, 6.45) is 7.14. The molecular formula is C31H34F4N4O4. The van der Waals surface area contributed by atoms with Crippen LogP contribution in [0.4, 0.5) is 23.4 Å². The second kappa shape index (κ2) is 10.6. The fourth-order valence-corrected chi connectivity index (χ4v) is 7.27. The van der Waals surface area contributed by atoms with Gasteiger partial charge in [-0.25, -0.2) is 13.8 Å². The number of hydrogen-bond acceptors (Lipinski definition) is 6. The number of carbonyl (C=O) groups is 1.